The summed E-state index contributed by atoms with van der Waals surface area (Å²) in [6.45, 7) is 3.38. The molecule has 1 aliphatic rings. The third kappa shape index (κ3) is 3.33. The molecule has 0 aliphatic carbocycles. The number of rotatable bonds is 4. The summed E-state index contributed by atoms with van der Waals surface area (Å²) in [5.74, 6) is 1.70. The van der Waals surface area contributed by atoms with Crippen LogP contribution in [0.15, 0.2) is 57.7 Å². The van der Waals surface area contributed by atoms with Crippen LogP contribution >= 0.6 is 0 Å². The average molecular weight is 429 g/mol. The summed E-state index contributed by atoms with van der Waals surface area (Å²) >= 11 is 0. The molecule has 3 aromatic heterocycles. The lowest BCUT2D eigenvalue weighted by Gasteiger charge is -2.22. The van der Waals surface area contributed by atoms with Gasteiger partial charge in [0.05, 0.1) is 11.6 Å². The Morgan fingerprint density at radius 1 is 1.09 bits per heavy atom. The van der Waals surface area contributed by atoms with Gasteiger partial charge in [-0.1, -0.05) is 24.3 Å². The number of carbonyl (C=O) groups excluding carboxylic acids is 2. The maximum Gasteiger partial charge on any atom is 0.264 e. The molecule has 1 aliphatic heterocycles. The van der Waals surface area contributed by atoms with Crippen molar-refractivity contribution in [3.05, 3.63) is 81.5 Å². The van der Waals surface area contributed by atoms with Gasteiger partial charge in [0.1, 0.15) is 17.3 Å². The quantitative estimate of drug-likeness (QED) is 0.480. The molecule has 0 radical (unpaired) electrons. The Hall–Kier alpha value is -4.27. The first-order valence-corrected chi connectivity index (χ1v) is 10.1. The molecule has 9 heteroatoms. The van der Waals surface area contributed by atoms with E-state index in [1.807, 2.05) is 31.2 Å². The lowest BCUT2D eigenvalue weighted by atomic mass is 9.90. The fraction of sp³-hybridized carbons (Fsp3) is 0.174. The first kappa shape index (κ1) is 19.7. The van der Waals surface area contributed by atoms with Crippen LogP contribution < -0.4 is 10.9 Å². The van der Waals surface area contributed by atoms with E-state index < -0.39 is 0 Å². The molecule has 160 valence electrons. The molecule has 1 aromatic carbocycles. The zero-order valence-corrected chi connectivity index (χ0v) is 17.4. The molecule has 0 fully saturated rings. The summed E-state index contributed by atoms with van der Waals surface area (Å²) in [5, 5.41) is 13.8. The number of Topliss-reactive ketones (excluding diaryl/α,β-unsaturated/α-hetero) is 1. The lowest BCUT2D eigenvalue weighted by molar-refractivity contribution is -0.116. The second kappa shape index (κ2) is 7.45. The smallest absolute Gasteiger partial charge is 0.264 e. The summed E-state index contributed by atoms with van der Waals surface area (Å²) in [7, 11) is 0. The van der Waals surface area contributed by atoms with Crippen LogP contribution in [0.1, 0.15) is 46.6 Å². The largest absolute Gasteiger partial charge is 0.460 e. The molecule has 0 saturated heterocycles. The van der Waals surface area contributed by atoms with Crippen molar-refractivity contribution in [3.63, 3.8) is 0 Å². The van der Waals surface area contributed by atoms with Gasteiger partial charge in [-0.3, -0.25) is 14.4 Å². The Morgan fingerprint density at radius 3 is 2.56 bits per heavy atom. The molecule has 2 N–H and O–H groups in total. The van der Waals surface area contributed by atoms with E-state index in [0.29, 0.717) is 28.7 Å². The molecule has 0 saturated carbocycles. The van der Waals surface area contributed by atoms with Crippen molar-refractivity contribution >= 4 is 17.5 Å². The molecule has 32 heavy (non-hydrogen) atoms. The number of nitrogens with zero attached hydrogens (tertiary/aromatic N) is 3. The molecule has 9 nitrogen and oxygen atoms in total. The highest BCUT2D eigenvalue weighted by molar-refractivity contribution is 5.95. The van der Waals surface area contributed by atoms with Crippen molar-refractivity contribution in [1.82, 2.24) is 20.0 Å². The van der Waals surface area contributed by atoms with Crippen molar-refractivity contribution in [1.29, 1.82) is 0 Å². The molecule has 0 unspecified atom stereocenters. The number of amides is 1. The number of hydrogen-bond donors (Lipinski definition) is 2. The number of aryl methyl sites for hydroxylation is 1. The van der Waals surface area contributed by atoms with E-state index in [4.69, 9.17) is 4.42 Å². The number of ketones is 1. The highest BCUT2D eigenvalue weighted by Gasteiger charge is 2.34. The Morgan fingerprint density at radius 2 is 1.88 bits per heavy atom. The van der Waals surface area contributed by atoms with E-state index in [0.717, 1.165) is 16.8 Å². The monoisotopic (exact) mass is 429 g/mol. The summed E-state index contributed by atoms with van der Waals surface area (Å²) in [6.07, 6.45) is 0.217. The normalized spacial score (nSPS) is 15.3. The zero-order valence-electron chi connectivity index (χ0n) is 17.4. The molecular weight excluding hydrogens is 410 g/mol. The third-order valence-corrected chi connectivity index (χ3v) is 5.53. The van der Waals surface area contributed by atoms with Crippen LogP contribution in [-0.2, 0) is 4.79 Å². The second-order valence-electron chi connectivity index (χ2n) is 7.68. The number of nitrogens with one attached hydrogen (secondary N) is 2. The number of carbonyl (C=O) groups is 2. The zero-order chi connectivity index (χ0) is 22.4. The minimum Gasteiger partial charge on any atom is -0.460 e. The first-order valence-electron chi connectivity index (χ1n) is 10.1. The number of aromatic amines is 1. The predicted molar refractivity (Wildman–Crippen MR) is 116 cm³/mol. The third-order valence-electron chi connectivity index (χ3n) is 5.53. The van der Waals surface area contributed by atoms with Crippen molar-refractivity contribution in [2.45, 2.75) is 26.2 Å². The standard InChI is InChI=1S/C23H19N5O4/c1-12-22-16(18-8-7-17(32-18)15-5-3-14(4-6-15)13(2)29)11-21(31)24-23(22)28(27-12)19-9-10-20(30)26-25-19/h3-10,16H,11H2,1-2H3,(H,24,31)(H,26,30)/t16-/m1/s1. The van der Waals surface area contributed by atoms with Crippen LogP contribution in [0.3, 0.4) is 0 Å². The predicted octanol–water partition coefficient (Wildman–Crippen LogP) is 3.20. The van der Waals surface area contributed by atoms with Crippen molar-refractivity contribution < 1.29 is 14.0 Å². The Kier molecular flexibility index (Phi) is 4.58. The van der Waals surface area contributed by atoms with Crippen LogP contribution in [0.4, 0.5) is 5.82 Å². The van der Waals surface area contributed by atoms with Crippen molar-refractivity contribution in [2.75, 3.05) is 5.32 Å². The number of benzene rings is 1. The average Bonchev–Trinajstić information content (AvgIpc) is 3.39. The van der Waals surface area contributed by atoms with Gasteiger partial charge in [-0.15, -0.1) is 0 Å². The summed E-state index contributed by atoms with van der Waals surface area (Å²) in [6, 6.07) is 13.8. The van der Waals surface area contributed by atoms with Crippen LogP contribution in [0, 0.1) is 6.92 Å². The van der Waals surface area contributed by atoms with Gasteiger partial charge >= 0.3 is 0 Å². The van der Waals surface area contributed by atoms with Gasteiger partial charge in [-0.2, -0.15) is 14.9 Å². The van der Waals surface area contributed by atoms with E-state index in [-0.39, 0.29) is 29.6 Å². The molecule has 4 aromatic rings. The topological polar surface area (TPSA) is 123 Å². The molecule has 4 heterocycles. The van der Waals surface area contributed by atoms with Gasteiger partial charge in [0.25, 0.3) is 5.56 Å². The number of hydrogen-bond acceptors (Lipinski definition) is 6. The Bertz CT molecular complexity index is 1390. The van der Waals surface area contributed by atoms with Gasteiger partial charge < -0.3 is 9.73 Å². The fourth-order valence-electron chi connectivity index (χ4n) is 3.98. The van der Waals surface area contributed by atoms with E-state index >= 15 is 0 Å². The Labute approximate surface area is 182 Å². The number of furan rings is 1. The van der Waals surface area contributed by atoms with Gasteiger partial charge in [-0.25, -0.2) is 5.10 Å². The molecule has 5 rings (SSSR count). The minimum absolute atomic E-state index is 0.00176. The highest BCUT2D eigenvalue weighted by Crippen LogP contribution is 2.41. The van der Waals surface area contributed by atoms with E-state index in [9.17, 15) is 14.4 Å². The number of aromatic nitrogens is 4. The van der Waals surface area contributed by atoms with Gasteiger partial charge in [0.15, 0.2) is 11.6 Å². The molecule has 1 atom stereocenters. The summed E-state index contributed by atoms with van der Waals surface area (Å²) in [4.78, 5) is 35.4. The van der Waals surface area contributed by atoms with Crippen molar-refractivity contribution in [3.8, 4) is 17.1 Å². The lowest BCUT2D eigenvalue weighted by Crippen LogP contribution is -2.25. The Balaban J connectivity index is 1.54. The van der Waals surface area contributed by atoms with Crippen LogP contribution in [0.5, 0.6) is 0 Å². The van der Waals surface area contributed by atoms with Gasteiger partial charge in [0, 0.05) is 29.2 Å². The summed E-state index contributed by atoms with van der Waals surface area (Å²) in [5.41, 5.74) is 2.71. The maximum absolute atomic E-state index is 12.5. The number of H-pyrrole nitrogens is 1. The molecule has 0 spiro atoms. The number of fused-ring (bicyclic) bond motifs is 1. The molecular formula is C23H19N5O4. The SMILES string of the molecule is CC(=O)c1ccc(-c2ccc([C@H]3CC(=O)Nc4c3c(C)nn4-c3ccc(=O)[nH]n3)o2)cc1. The number of anilines is 1. The first-order chi connectivity index (χ1) is 15.4. The highest BCUT2D eigenvalue weighted by atomic mass is 16.3. The maximum atomic E-state index is 12.5. The summed E-state index contributed by atoms with van der Waals surface area (Å²) < 4.78 is 7.64. The van der Waals surface area contributed by atoms with Crippen molar-refractivity contribution in [2.24, 2.45) is 0 Å². The van der Waals surface area contributed by atoms with Gasteiger partial charge in [-0.05, 0) is 32.0 Å². The minimum atomic E-state index is -0.326. The molecule has 1 amide bonds. The fourth-order valence-corrected chi connectivity index (χ4v) is 3.98. The van der Waals surface area contributed by atoms with Crippen LogP contribution in [0.25, 0.3) is 17.1 Å². The van der Waals surface area contributed by atoms with Crippen LogP contribution in [0.2, 0.25) is 0 Å². The van der Waals surface area contributed by atoms with E-state index in [2.05, 4.69) is 20.6 Å². The van der Waals surface area contributed by atoms with Gasteiger partial charge in [0.2, 0.25) is 5.91 Å². The van der Waals surface area contributed by atoms with Crippen LogP contribution in [-0.4, -0.2) is 31.7 Å². The van der Waals surface area contributed by atoms with E-state index in [1.54, 1.807) is 12.1 Å². The molecule has 0 bridgehead atoms. The van der Waals surface area contributed by atoms with E-state index in [1.165, 1.54) is 23.7 Å². The second-order valence-corrected chi connectivity index (χ2v) is 7.68.